The smallest absolute Gasteiger partial charge is 0.320 e. The van der Waals surface area contributed by atoms with Gasteiger partial charge in [0, 0.05) is 0 Å². The molecule has 7 heteroatoms. The van der Waals surface area contributed by atoms with Crippen LogP contribution in [0.3, 0.4) is 0 Å². The molecule has 1 aromatic carbocycles. The number of phenols is 1. The van der Waals surface area contributed by atoms with E-state index in [0.717, 1.165) is 0 Å². The van der Waals surface area contributed by atoms with Crippen LogP contribution in [0.25, 0.3) is 0 Å². The molecule has 0 spiro atoms. The zero-order valence-corrected chi connectivity index (χ0v) is 14.1. The molecule has 0 amide bonds. The topological polar surface area (TPSA) is 91.3 Å². The third-order valence-electron chi connectivity index (χ3n) is 2.68. The largest absolute Gasteiger partial charge is 0.502 e. The van der Waals surface area contributed by atoms with Gasteiger partial charge in [-0.25, -0.2) is 0 Å². The van der Waals surface area contributed by atoms with Gasteiger partial charge in [-0.2, -0.15) is 0 Å². The van der Waals surface area contributed by atoms with Crippen LogP contribution < -0.4 is 9.47 Å². The maximum Gasteiger partial charge on any atom is 0.320 e. The summed E-state index contributed by atoms with van der Waals surface area (Å²) in [5.41, 5.74) is 0. The molecule has 0 bridgehead atoms. The van der Waals surface area contributed by atoms with Gasteiger partial charge in [-0.15, -0.1) is 0 Å². The lowest BCUT2D eigenvalue weighted by atomic mass is 10.2. The van der Waals surface area contributed by atoms with Gasteiger partial charge in [-0.3, -0.25) is 9.59 Å². The van der Waals surface area contributed by atoms with Crippen LogP contribution in [0.15, 0.2) is 18.2 Å². The van der Waals surface area contributed by atoms with Gasteiger partial charge in [0.2, 0.25) is 5.75 Å². The monoisotopic (exact) mass is 328 g/mol. The average Bonchev–Trinajstić information content (AvgIpc) is 2.55. The Balaban J connectivity index is 0.000000422. The van der Waals surface area contributed by atoms with Crippen LogP contribution in [-0.4, -0.2) is 44.5 Å². The summed E-state index contributed by atoms with van der Waals surface area (Å²) < 4.78 is 19.0. The van der Waals surface area contributed by atoms with E-state index in [4.69, 9.17) is 9.47 Å². The predicted octanol–water partition coefficient (Wildman–Crippen LogP) is 2.16. The molecule has 1 rings (SSSR count). The summed E-state index contributed by atoms with van der Waals surface area (Å²) >= 11 is 0. The van der Waals surface area contributed by atoms with Gasteiger partial charge in [0.05, 0.1) is 27.4 Å². The van der Waals surface area contributed by atoms with E-state index in [-0.39, 0.29) is 19.0 Å². The fourth-order valence-corrected chi connectivity index (χ4v) is 1.46. The highest BCUT2D eigenvalue weighted by Crippen LogP contribution is 2.34. The van der Waals surface area contributed by atoms with Crippen LogP contribution in [-0.2, 0) is 19.1 Å². The fourth-order valence-electron chi connectivity index (χ4n) is 1.46. The van der Waals surface area contributed by atoms with E-state index in [1.165, 1.54) is 21.1 Å². The molecule has 0 unspecified atom stereocenters. The third-order valence-corrected chi connectivity index (χ3v) is 2.68. The molecule has 0 aliphatic rings. The second-order valence-electron chi connectivity index (χ2n) is 4.24. The molecule has 130 valence electrons. The molecule has 0 saturated carbocycles. The highest BCUT2D eigenvalue weighted by molar-refractivity contribution is 5.94. The van der Waals surface area contributed by atoms with Crippen molar-refractivity contribution in [2.45, 2.75) is 20.8 Å². The van der Waals surface area contributed by atoms with Gasteiger partial charge in [0.25, 0.3) is 0 Å². The van der Waals surface area contributed by atoms with Gasteiger partial charge < -0.3 is 24.1 Å². The molecule has 0 aliphatic heterocycles. The number of carbonyl (C=O) groups is 2. The SMILES string of the molecule is CCOC(=O)C(C)C(=O)OCC.COc1cccc(OC)c1O. The zero-order valence-electron chi connectivity index (χ0n) is 14.1. The molecule has 0 saturated heterocycles. The first-order chi connectivity index (χ1) is 10.9. The van der Waals surface area contributed by atoms with Crippen LogP contribution in [0, 0.1) is 5.92 Å². The number of hydrogen-bond acceptors (Lipinski definition) is 7. The Morgan fingerprint density at radius 2 is 1.39 bits per heavy atom. The molecule has 0 fully saturated rings. The summed E-state index contributed by atoms with van der Waals surface area (Å²) in [6.07, 6.45) is 0. The van der Waals surface area contributed by atoms with Gasteiger partial charge in [-0.05, 0) is 32.9 Å². The third kappa shape index (κ3) is 6.90. The number of esters is 2. The minimum atomic E-state index is -0.815. The minimum Gasteiger partial charge on any atom is -0.502 e. The molecule has 0 atom stereocenters. The number of hydrogen-bond donors (Lipinski definition) is 1. The molecular formula is C16H24O7. The zero-order chi connectivity index (χ0) is 17.8. The Morgan fingerprint density at radius 1 is 1.00 bits per heavy atom. The normalized spacial score (nSPS) is 9.48. The first-order valence-corrected chi connectivity index (χ1v) is 7.16. The van der Waals surface area contributed by atoms with E-state index in [1.807, 2.05) is 0 Å². The number of phenolic OH excluding ortho intramolecular Hbond substituents is 1. The van der Waals surface area contributed by atoms with Gasteiger partial charge in [0.1, 0.15) is 0 Å². The lowest BCUT2D eigenvalue weighted by molar-refractivity contribution is -0.160. The van der Waals surface area contributed by atoms with Crippen molar-refractivity contribution in [3.05, 3.63) is 18.2 Å². The molecule has 7 nitrogen and oxygen atoms in total. The molecule has 0 aromatic heterocycles. The second kappa shape index (κ2) is 11.2. The van der Waals surface area contributed by atoms with Gasteiger partial charge in [0.15, 0.2) is 17.4 Å². The molecule has 1 N–H and O–H groups in total. The predicted molar refractivity (Wildman–Crippen MR) is 83.6 cm³/mol. The van der Waals surface area contributed by atoms with Crippen molar-refractivity contribution in [2.24, 2.45) is 5.92 Å². The number of carbonyl (C=O) groups excluding carboxylic acids is 2. The van der Waals surface area contributed by atoms with Crippen LogP contribution in [0.4, 0.5) is 0 Å². The second-order valence-corrected chi connectivity index (χ2v) is 4.24. The minimum absolute atomic E-state index is 0.0394. The highest BCUT2D eigenvalue weighted by Gasteiger charge is 2.23. The van der Waals surface area contributed by atoms with Crippen molar-refractivity contribution < 1.29 is 33.6 Å². The lowest BCUT2D eigenvalue weighted by Crippen LogP contribution is -2.25. The summed E-state index contributed by atoms with van der Waals surface area (Å²) in [6.45, 7) is 5.41. The number of para-hydroxylation sites is 1. The van der Waals surface area contributed by atoms with Crippen molar-refractivity contribution in [2.75, 3.05) is 27.4 Å². The lowest BCUT2D eigenvalue weighted by Gasteiger charge is -2.08. The average molecular weight is 328 g/mol. The Morgan fingerprint density at radius 3 is 1.70 bits per heavy atom. The van der Waals surface area contributed by atoms with Crippen molar-refractivity contribution in [3.8, 4) is 17.2 Å². The van der Waals surface area contributed by atoms with E-state index in [9.17, 15) is 14.7 Å². The van der Waals surface area contributed by atoms with Crippen molar-refractivity contribution in [1.29, 1.82) is 0 Å². The van der Waals surface area contributed by atoms with Crippen LogP contribution in [0.2, 0.25) is 0 Å². The number of rotatable bonds is 6. The molecule has 0 heterocycles. The summed E-state index contributed by atoms with van der Waals surface area (Å²) in [7, 11) is 2.99. The summed E-state index contributed by atoms with van der Waals surface area (Å²) in [4.78, 5) is 21.9. The van der Waals surface area contributed by atoms with Gasteiger partial charge in [-0.1, -0.05) is 6.07 Å². The van der Waals surface area contributed by atoms with E-state index >= 15 is 0 Å². The molecule has 0 aliphatic carbocycles. The maximum atomic E-state index is 10.9. The molecular weight excluding hydrogens is 304 g/mol. The summed E-state index contributed by atoms with van der Waals surface area (Å²) in [5, 5.41) is 9.34. The number of aromatic hydroxyl groups is 1. The molecule has 1 aromatic rings. The highest BCUT2D eigenvalue weighted by atomic mass is 16.6. The Hall–Kier alpha value is -2.44. The van der Waals surface area contributed by atoms with Crippen molar-refractivity contribution >= 4 is 11.9 Å². The first-order valence-electron chi connectivity index (χ1n) is 7.16. The van der Waals surface area contributed by atoms with E-state index in [0.29, 0.717) is 11.5 Å². The van der Waals surface area contributed by atoms with Crippen LogP contribution in [0.5, 0.6) is 17.2 Å². The van der Waals surface area contributed by atoms with Gasteiger partial charge >= 0.3 is 11.9 Å². The van der Waals surface area contributed by atoms with E-state index in [2.05, 4.69) is 9.47 Å². The van der Waals surface area contributed by atoms with E-state index in [1.54, 1.807) is 32.0 Å². The molecule has 23 heavy (non-hydrogen) atoms. The maximum absolute atomic E-state index is 10.9. The number of benzene rings is 1. The van der Waals surface area contributed by atoms with E-state index < -0.39 is 17.9 Å². The Kier molecular flexibility index (Phi) is 9.99. The first kappa shape index (κ1) is 20.6. The quantitative estimate of drug-likeness (QED) is 0.632. The molecule has 0 radical (unpaired) electrons. The van der Waals surface area contributed by atoms with Crippen LogP contribution in [0.1, 0.15) is 20.8 Å². The standard InChI is InChI=1S/C8H14O4.C8H10O3/c1-4-11-7(9)6(3)8(10)12-5-2;1-10-6-4-3-5-7(11-2)8(6)9/h6H,4-5H2,1-3H3;3-5,9H,1-2H3. The number of methoxy groups -OCH3 is 2. The Labute approximate surface area is 136 Å². The van der Waals surface area contributed by atoms with Crippen molar-refractivity contribution in [3.63, 3.8) is 0 Å². The fraction of sp³-hybridized carbons (Fsp3) is 0.500. The van der Waals surface area contributed by atoms with Crippen LogP contribution >= 0.6 is 0 Å². The Bertz CT molecular complexity index is 459. The summed E-state index contributed by atoms with van der Waals surface area (Å²) in [5.74, 6) is -0.997. The number of ether oxygens (including phenoxy) is 4. The van der Waals surface area contributed by atoms with Crippen molar-refractivity contribution in [1.82, 2.24) is 0 Å². The summed E-state index contributed by atoms with van der Waals surface area (Å²) in [6, 6.07) is 5.08.